The minimum atomic E-state index is -0.263. The first-order valence-electron chi connectivity index (χ1n) is 8.48. The normalized spacial score (nSPS) is 17.0. The highest BCUT2D eigenvalue weighted by molar-refractivity contribution is 5.45. The van der Waals surface area contributed by atoms with Crippen LogP contribution in [0, 0.1) is 5.82 Å². The quantitative estimate of drug-likeness (QED) is 0.799. The highest BCUT2D eigenvalue weighted by Crippen LogP contribution is 2.27. The van der Waals surface area contributed by atoms with E-state index in [9.17, 15) is 9.50 Å². The van der Waals surface area contributed by atoms with Gasteiger partial charge in [0.1, 0.15) is 11.6 Å². The summed E-state index contributed by atoms with van der Waals surface area (Å²) in [6.45, 7) is 2.63. The number of halogens is 1. The highest BCUT2D eigenvalue weighted by Gasteiger charge is 2.21. The van der Waals surface area contributed by atoms with Gasteiger partial charge in [0, 0.05) is 38.3 Å². The van der Waals surface area contributed by atoms with Gasteiger partial charge in [0.25, 0.3) is 0 Å². The van der Waals surface area contributed by atoms with Crippen LogP contribution in [-0.4, -0.2) is 41.4 Å². The van der Waals surface area contributed by atoms with Crippen molar-refractivity contribution in [2.45, 2.75) is 25.3 Å². The van der Waals surface area contributed by atoms with E-state index >= 15 is 0 Å². The van der Waals surface area contributed by atoms with Crippen LogP contribution in [0.1, 0.15) is 30.0 Å². The van der Waals surface area contributed by atoms with E-state index in [2.05, 4.69) is 9.97 Å². The molecule has 1 fully saturated rings. The number of hydrogen-bond donors (Lipinski definition) is 2. The second-order valence-corrected chi connectivity index (χ2v) is 6.19. The lowest BCUT2D eigenvalue weighted by atomic mass is 10.0. The highest BCUT2D eigenvalue weighted by atomic mass is 19.1. The van der Waals surface area contributed by atoms with Crippen LogP contribution in [0.2, 0.25) is 0 Å². The first-order chi connectivity index (χ1) is 12.2. The van der Waals surface area contributed by atoms with Gasteiger partial charge >= 0.3 is 0 Å². The number of hydrogen-bond acceptors (Lipinski definition) is 6. The number of aliphatic hydroxyl groups is 1. The molecule has 0 radical (unpaired) electrons. The van der Waals surface area contributed by atoms with Crippen molar-refractivity contribution in [3.63, 3.8) is 0 Å². The molecular formula is C18H23FN4O2. The molecule has 3 rings (SSSR count). The molecule has 3 N–H and O–H groups in total. The van der Waals surface area contributed by atoms with Crippen molar-refractivity contribution in [2.24, 2.45) is 0 Å². The minimum Gasteiger partial charge on any atom is -0.396 e. The molecule has 1 saturated heterocycles. The Morgan fingerprint density at radius 3 is 2.76 bits per heavy atom. The lowest BCUT2D eigenvalue weighted by molar-refractivity contribution is 0.193. The third-order valence-electron chi connectivity index (χ3n) is 4.29. The third kappa shape index (κ3) is 4.64. The molecule has 2 aromatic rings. The molecule has 0 unspecified atom stereocenters. The van der Waals surface area contributed by atoms with E-state index in [1.165, 1.54) is 12.1 Å². The summed E-state index contributed by atoms with van der Waals surface area (Å²) >= 11 is 0. The number of ether oxygens (including phenoxy) is 1. The van der Waals surface area contributed by atoms with Crippen molar-refractivity contribution in [1.29, 1.82) is 0 Å². The van der Waals surface area contributed by atoms with Crippen LogP contribution in [0.3, 0.4) is 0 Å². The Kier molecular flexibility index (Phi) is 5.78. The Balaban J connectivity index is 1.85. The van der Waals surface area contributed by atoms with Crippen LogP contribution in [-0.2, 0) is 11.3 Å². The standard InChI is InChI=1S/C18H23FN4O2/c19-15-4-2-13(3-5-15)11-23(7-1-8-24)17-10-16(21-18(20)22-17)14-6-9-25-12-14/h2-5,10,14,24H,1,6-9,11-12H2,(H2,20,21,22)/t14-/m1/s1. The van der Waals surface area contributed by atoms with Gasteiger partial charge in [-0.2, -0.15) is 4.98 Å². The molecule has 0 spiro atoms. The van der Waals surface area contributed by atoms with Gasteiger partial charge in [0.2, 0.25) is 5.95 Å². The first kappa shape index (κ1) is 17.6. The predicted octanol–water partition coefficient (Wildman–Crippen LogP) is 2.09. The molecule has 7 heteroatoms. The molecule has 1 aromatic heterocycles. The smallest absolute Gasteiger partial charge is 0.222 e. The summed E-state index contributed by atoms with van der Waals surface area (Å²) in [6, 6.07) is 8.32. The van der Waals surface area contributed by atoms with Crippen LogP contribution < -0.4 is 10.6 Å². The number of nitrogens with zero attached hydrogens (tertiary/aromatic N) is 3. The first-order valence-corrected chi connectivity index (χ1v) is 8.48. The molecular weight excluding hydrogens is 323 g/mol. The third-order valence-corrected chi connectivity index (χ3v) is 4.29. The molecule has 6 nitrogen and oxygen atoms in total. The topological polar surface area (TPSA) is 84.5 Å². The molecule has 1 atom stereocenters. The average Bonchev–Trinajstić information content (AvgIpc) is 3.14. The van der Waals surface area contributed by atoms with E-state index in [1.54, 1.807) is 12.1 Å². The number of aliphatic hydroxyl groups excluding tert-OH is 1. The van der Waals surface area contributed by atoms with Crippen molar-refractivity contribution in [2.75, 3.05) is 37.0 Å². The lowest BCUT2D eigenvalue weighted by Crippen LogP contribution is -2.26. The molecule has 1 aliphatic heterocycles. The number of rotatable bonds is 7. The van der Waals surface area contributed by atoms with Crippen molar-refractivity contribution < 1.29 is 14.2 Å². The summed E-state index contributed by atoms with van der Waals surface area (Å²) < 4.78 is 18.6. The van der Waals surface area contributed by atoms with Crippen molar-refractivity contribution in [1.82, 2.24) is 9.97 Å². The van der Waals surface area contributed by atoms with Crippen LogP contribution in [0.15, 0.2) is 30.3 Å². The van der Waals surface area contributed by atoms with Gasteiger partial charge in [0.15, 0.2) is 0 Å². The molecule has 0 bridgehead atoms. The summed E-state index contributed by atoms with van der Waals surface area (Å²) in [6.07, 6.45) is 1.53. The Morgan fingerprint density at radius 1 is 1.28 bits per heavy atom. The number of anilines is 2. The lowest BCUT2D eigenvalue weighted by Gasteiger charge is -2.24. The van der Waals surface area contributed by atoms with E-state index in [0.717, 1.165) is 24.3 Å². The van der Waals surface area contributed by atoms with E-state index in [0.29, 0.717) is 31.9 Å². The largest absolute Gasteiger partial charge is 0.396 e. The van der Waals surface area contributed by atoms with Gasteiger partial charge in [-0.1, -0.05) is 12.1 Å². The molecule has 1 aliphatic rings. The molecule has 0 aliphatic carbocycles. The molecule has 2 heterocycles. The fraction of sp³-hybridized carbons (Fsp3) is 0.444. The Labute approximate surface area is 146 Å². The zero-order chi connectivity index (χ0) is 17.6. The van der Waals surface area contributed by atoms with Gasteiger partial charge in [-0.15, -0.1) is 0 Å². The number of nitrogen functional groups attached to an aromatic ring is 1. The molecule has 134 valence electrons. The summed E-state index contributed by atoms with van der Waals surface area (Å²) in [5.74, 6) is 0.912. The van der Waals surface area contributed by atoms with Crippen LogP contribution in [0.4, 0.5) is 16.2 Å². The maximum Gasteiger partial charge on any atom is 0.222 e. The van der Waals surface area contributed by atoms with Gasteiger partial charge in [0.05, 0.1) is 12.3 Å². The minimum absolute atomic E-state index is 0.0871. The van der Waals surface area contributed by atoms with Crippen molar-refractivity contribution in [3.05, 3.63) is 47.4 Å². The summed E-state index contributed by atoms with van der Waals surface area (Å²) in [5, 5.41) is 9.20. The number of aromatic nitrogens is 2. The monoisotopic (exact) mass is 346 g/mol. The molecule has 25 heavy (non-hydrogen) atoms. The van der Waals surface area contributed by atoms with Crippen LogP contribution in [0.5, 0.6) is 0 Å². The SMILES string of the molecule is Nc1nc([C@@H]2CCOC2)cc(N(CCCO)Cc2ccc(F)cc2)n1. The van der Waals surface area contributed by atoms with Crippen molar-refractivity contribution in [3.8, 4) is 0 Å². The van der Waals surface area contributed by atoms with Gasteiger partial charge in [-0.05, 0) is 30.5 Å². The van der Waals surface area contributed by atoms with Gasteiger partial charge in [-0.25, -0.2) is 9.37 Å². The fourth-order valence-electron chi connectivity index (χ4n) is 2.96. The van der Waals surface area contributed by atoms with Gasteiger partial charge in [-0.3, -0.25) is 0 Å². The van der Waals surface area contributed by atoms with Crippen molar-refractivity contribution >= 4 is 11.8 Å². The zero-order valence-electron chi connectivity index (χ0n) is 14.1. The van der Waals surface area contributed by atoms with E-state index in [4.69, 9.17) is 10.5 Å². The van der Waals surface area contributed by atoms with Crippen LogP contribution >= 0.6 is 0 Å². The maximum atomic E-state index is 13.1. The second kappa shape index (κ2) is 8.22. The van der Waals surface area contributed by atoms with Gasteiger partial charge < -0.3 is 20.5 Å². The maximum absolute atomic E-state index is 13.1. The summed E-state index contributed by atoms with van der Waals surface area (Å²) in [7, 11) is 0. The molecule has 1 aromatic carbocycles. The second-order valence-electron chi connectivity index (χ2n) is 6.19. The van der Waals surface area contributed by atoms with Crippen LogP contribution in [0.25, 0.3) is 0 Å². The Morgan fingerprint density at radius 2 is 2.08 bits per heavy atom. The number of benzene rings is 1. The summed E-state index contributed by atoms with van der Waals surface area (Å²) in [5.41, 5.74) is 7.76. The molecule has 0 saturated carbocycles. The average molecular weight is 346 g/mol. The van der Waals surface area contributed by atoms with E-state index in [1.807, 2.05) is 11.0 Å². The Bertz CT molecular complexity index is 690. The number of nitrogens with two attached hydrogens (primary N) is 1. The fourth-order valence-corrected chi connectivity index (χ4v) is 2.96. The molecule has 0 amide bonds. The zero-order valence-corrected chi connectivity index (χ0v) is 14.1. The summed E-state index contributed by atoms with van der Waals surface area (Å²) in [4.78, 5) is 10.8. The Hall–Kier alpha value is -2.25. The van der Waals surface area contributed by atoms with E-state index in [-0.39, 0.29) is 24.3 Å². The predicted molar refractivity (Wildman–Crippen MR) is 93.8 cm³/mol. The van der Waals surface area contributed by atoms with E-state index < -0.39 is 0 Å².